The average molecular weight is 219 g/mol. The van der Waals surface area contributed by atoms with E-state index in [4.69, 9.17) is 15.4 Å². The third-order valence-electron chi connectivity index (χ3n) is 2.14. The first-order chi connectivity index (χ1) is 7.11. The largest absolute Gasteiger partial charge is 0.419 e. The van der Waals surface area contributed by atoms with Crippen LogP contribution >= 0.6 is 11.3 Å². The van der Waals surface area contributed by atoms with Gasteiger partial charge in [0.2, 0.25) is 17.5 Å². The molecule has 0 fully saturated rings. The fourth-order valence-corrected chi connectivity index (χ4v) is 2.16. The molecule has 2 heterocycles. The van der Waals surface area contributed by atoms with Crippen LogP contribution in [-0.2, 0) is 0 Å². The van der Waals surface area contributed by atoms with Crippen molar-refractivity contribution < 1.29 is 4.42 Å². The maximum Gasteiger partial charge on any atom is 0.240 e. The SMILES string of the molecule is Cc1cc(-c2nc(C#N)c(N)o2)sc1C. The molecule has 0 amide bonds. The van der Waals surface area contributed by atoms with Crippen molar-refractivity contribution in [3.63, 3.8) is 0 Å². The standard InChI is InChI=1S/C10H9N3OS/c1-5-3-8(15-6(5)2)10-13-7(4-11)9(12)14-10/h3H,12H2,1-2H3. The zero-order valence-corrected chi connectivity index (χ0v) is 9.18. The Labute approximate surface area is 91.0 Å². The number of anilines is 1. The fraction of sp³-hybridized carbons (Fsp3) is 0.200. The van der Waals surface area contributed by atoms with Gasteiger partial charge in [-0.2, -0.15) is 10.2 Å². The van der Waals surface area contributed by atoms with E-state index < -0.39 is 0 Å². The number of hydrogen-bond acceptors (Lipinski definition) is 5. The number of oxazole rings is 1. The Morgan fingerprint density at radius 3 is 2.73 bits per heavy atom. The summed E-state index contributed by atoms with van der Waals surface area (Å²) in [5.74, 6) is 0.501. The molecule has 0 radical (unpaired) electrons. The lowest BCUT2D eigenvalue weighted by Crippen LogP contribution is -1.83. The second-order valence-corrected chi connectivity index (χ2v) is 4.45. The third kappa shape index (κ3) is 1.60. The predicted octanol–water partition coefficient (Wildman–Crippen LogP) is 2.47. The Kier molecular flexibility index (Phi) is 2.21. The molecular weight excluding hydrogens is 210 g/mol. The first-order valence-electron chi connectivity index (χ1n) is 4.35. The van der Waals surface area contributed by atoms with Gasteiger partial charge in [-0.3, -0.25) is 0 Å². The summed E-state index contributed by atoms with van der Waals surface area (Å²) < 4.78 is 5.21. The Hall–Kier alpha value is -1.80. The molecule has 2 aromatic rings. The number of thiophene rings is 1. The van der Waals surface area contributed by atoms with Crippen LogP contribution in [0.15, 0.2) is 10.5 Å². The summed E-state index contributed by atoms with van der Waals surface area (Å²) in [6.45, 7) is 4.05. The molecule has 0 aliphatic heterocycles. The van der Waals surface area contributed by atoms with E-state index in [1.165, 1.54) is 10.4 Å². The zero-order valence-electron chi connectivity index (χ0n) is 8.37. The normalized spacial score (nSPS) is 10.2. The van der Waals surface area contributed by atoms with Crippen molar-refractivity contribution in [3.05, 3.63) is 22.2 Å². The van der Waals surface area contributed by atoms with Crippen molar-refractivity contribution >= 4 is 17.2 Å². The van der Waals surface area contributed by atoms with Crippen LogP contribution in [0.25, 0.3) is 10.8 Å². The van der Waals surface area contributed by atoms with E-state index in [9.17, 15) is 0 Å². The van der Waals surface area contributed by atoms with Crippen LogP contribution in [0, 0.1) is 25.2 Å². The highest BCUT2D eigenvalue weighted by atomic mass is 32.1. The number of nitriles is 1. The average Bonchev–Trinajstić information content (AvgIpc) is 2.71. The van der Waals surface area contributed by atoms with Crippen LogP contribution < -0.4 is 5.73 Å². The molecule has 0 bridgehead atoms. The maximum atomic E-state index is 8.69. The number of nitrogen functional groups attached to an aromatic ring is 1. The van der Waals surface area contributed by atoms with E-state index in [0.717, 1.165) is 4.88 Å². The van der Waals surface area contributed by atoms with Crippen molar-refractivity contribution in [2.75, 3.05) is 5.73 Å². The van der Waals surface area contributed by atoms with Gasteiger partial charge < -0.3 is 10.2 Å². The van der Waals surface area contributed by atoms with Gasteiger partial charge in [-0.15, -0.1) is 11.3 Å². The number of aromatic nitrogens is 1. The van der Waals surface area contributed by atoms with Crippen molar-refractivity contribution in [3.8, 4) is 16.8 Å². The molecule has 0 saturated heterocycles. The van der Waals surface area contributed by atoms with E-state index in [-0.39, 0.29) is 11.6 Å². The molecule has 0 saturated carbocycles. The number of hydrogen-bond donors (Lipinski definition) is 1. The predicted molar refractivity (Wildman–Crippen MR) is 58.4 cm³/mol. The molecule has 0 spiro atoms. The monoisotopic (exact) mass is 219 g/mol. The second-order valence-electron chi connectivity index (χ2n) is 3.19. The highest BCUT2D eigenvalue weighted by Crippen LogP contribution is 2.31. The zero-order chi connectivity index (χ0) is 11.0. The van der Waals surface area contributed by atoms with Gasteiger partial charge in [0, 0.05) is 4.88 Å². The second kappa shape index (κ2) is 3.41. The molecule has 0 aliphatic carbocycles. The van der Waals surface area contributed by atoms with Gasteiger partial charge >= 0.3 is 0 Å². The van der Waals surface area contributed by atoms with Gasteiger partial charge in [-0.05, 0) is 25.5 Å². The van der Waals surface area contributed by atoms with Gasteiger partial charge in [0.1, 0.15) is 6.07 Å². The minimum Gasteiger partial charge on any atom is -0.419 e. The minimum atomic E-state index is 0.0798. The van der Waals surface area contributed by atoms with E-state index >= 15 is 0 Å². The maximum absolute atomic E-state index is 8.69. The van der Waals surface area contributed by atoms with Crippen molar-refractivity contribution in [1.82, 2.24) is 4.98 Å². The van der Waals surface area contributed by atoms with Gasteiger partial charge in [-0.25, -0.2) is 0 Å². The summed E-state index contributed by atoms with van der Waals surface area (Å²) in [6.07, 6.45) is 0. The number of nitrogens with zero attached hydrogens (tertiary/aromatic N) is 2. The smallest absolute Gasteiger partial charge is 0.240 e. The molecule has 2 N–H and O–H groups in total. The highest BCUT2D eigenvalue weighted by Gasteiger charge is 2.14. The lowest BCUT2D eigenvalue weighted by molar-refractivity contribution is 0.595. The number of nitrogens with two attached hydrogens (primary N) is 1. The van der Waals surface area contributed by atoms with E-state index in [0.29, 0.717) is 5.89 Å². The van der Waals surface area contributed by atoms with Crippen LogP contribution in [-0.4, -0.2) is 4.98 Å². The van der Waals surface area contributed by atoms with Gasteiger partial charge in [-0.1, -0.05) is 0 Å². The fourth-order valence-electron chi connectivity index (χ4n) is 1.20. The summed E-state index contributed by atoms with van der Waals surface area (Å²) in [6, 6.07) is 3.86. The molecule has 0 unspecified atom stereocenters. The molecule has 0 aliphatic rings. The van der Waals surface area contributed by atoms with Crippen LogP contribution in [0.3, 0.4) is 0 Å². The van der Waals surface area contributed by atoms with Crippen LogP contribution in [0.4, 0.5) is 5.88 Å². The Morgan fingerprint density at radius 1 is 1.53 bits per heavy atom. The Bertz CT molecular complexity index is 528. The summed E-state index contributed by atoms with van der Waals surface area (Å²) >= 11 is 1.58. The van der Waals surface area contributed by atoms with Crippen molar-refractivity contribution in [1.29, 1.82) is 5.26 Å². The summed E-state index contributed by atoms with van der Waals surface area (Å²) in [5, 5.41) is 8.69. The Balaban J connectivity index is 2.50. The van der Waals surface area contributed by atoms with Crippen LogP contribution in [0.2, 0.25) is 0 Å². The quantitative estimate of drug-likeness (QED) is 0.799. The van der Waals surface area contributed by atoms with Gasteiger partial charge in [0.05, 0.1) is 4.88 Å². The minimum absolute atomic E-state index is 0.0798. The van der Waals surface area contributed by atoms with Crippen molar-refractivity contribution in [2.45, 2.75) is 13.8 Å². The molecule has 2 aromatic heterocycles. The summed E-state index contributed by atoms with van der Waals surface area (Å²) in [5.41, 5.74) is 6.82. The van der Waals surface area contributed by atoms with Gasteiger partial charge in [0.25, 0.3) is 0 Å². The molecule has 4 nitrogen and oxygen atoms in total. The molecule has 0 atom stereocenters. The highest BCUT2D eigenvalue weighted by molar-refractivity contribution is 7.15. The first-order valence-corrected chi connectivity index (χ1v) is 5.17. The molecule has 5 heteroatoms. The third-order valence-corrected chi connectivity index (χ3v) is 3.28. The van der Waals surface area contributed by atoms with E-state index in [1.807, 2.05) is 26.0 Å². The number of aryl methyl sites for hydroxylation is 2. The van der Waals surface area contributed by atoms with E-state index in [1.54, 1.807) is 11.3 Å². The summed E-state index contributed by atoms with van der Waals surface area (Å²) in [7, 11) is 0. The number of rotatable bonds is 1. The topological polar surface area (TPSA) is 75.8 Å². The Morgan fingerprint density at radius 2 is 2.27 bits per heavy atom. The lowest BCUT2D eigenvalue weighted by atomic mass is 10.3. The molecule has 76 valence electrons. The molecule has 0 aromatic carbocycles. The first kappa shape index (κ1) is 9.74. The van der Waals surface area contributed by atoms with Crippen molar-refractivity contribution in [2.24, 2.45) is 0 Å². The molecular formula is C10H9N3OS. The molecule has 15 heavy (non-hydrogen) atoms. The van der Waals surface area contributed by atoms with E-state index in [2.05, 4.69) is 4.98 Å². The molecule has 2 rings (SSSR count). The lowest BCUT2D eigenvalue weighted by Gasteiger charge is -1.85. The summed E-state index contributed by atoms with van der Waals surface area (Å²) in [4.78, 5) is 6.12. The van der Waals surface area contributed by atoms with Crippen LogP contribution in [0.5, 0.6) is 0 Å². The van der Waals surface area contributed by atoms with Gasteiger partial charge in [0.15, 0.2) is 0 Å². The van der Waals surface area contributed by atoms with Crippen LogP contribution in [0.1, 0.15) is 16.1 Å².